The van der Waals surface area contributed by atoms with Crippen LogP contribution in [-0.2, 0) is 24.2 Å². The zero-order chi connectivity index (χ0) is 27.2. The second kappa shape index (κ2) is 11.9. The third-order valence-corrected chi connectivity index (χ3v) is 7.56. The van der Waals surface area contributed by atoms with Crippen LogP contribution in [0.5, 0.6) is 5.75 Å². The molecular formula is C32H26NO5S-. The van der Waals surface area contributed by atoms with Crippen molar-refractivity contribution in [2.24, 2.45) is 5.92 Å². The molecule has 0 saturated carbocycles. The number of ketones is 1. The van der Waals surface area contributed by atoms with Gasteiger partial charge in [0.1, 0.15) is 12.4 Å². The Morgan fingerprint density at radius 2 is 1.44 bits per heavy atom. The molecular weight excluding hydrogens is 510 g/mol. The van der Waals surface area contributed by atoms with Gasteiger partial charge in [-0.05, 0) is 54.3 Å². The number of carbonyl (C=O) groups excluding carboxylic acids is 2. The van der Waals surface area contributed by atoms with E-state index in [1.54, 1.807) is 47.0 Å². The zero-order valence-corrected chi connectivity index (χ0v) is 21.9. The molecule has 39 heavy (non-hydrogen) atoms. The number of nitrogens with zero attached hydrogens (tertiary/aromatic N) is 1. The number of ether oxygens (including phenoxy) is 1. The van der Waals surface area contributed by atoms with Gasteiger partial charge in [-0.1, -0.05) is 84.1 Å². The quantitative estimate of drug-likeness (QED) is 0.232. The second-order valence-corrected chi connectivity index (χ2v) is 10.3. The SMILES string of the molecule is O=C(c1ccccc1)c1ccc2c(c1)sc(=O)n2CCOc1ccc(CC(Cc2ccccc2)C(=O)[O-])cc1. The Bertz CT molecular complexity index is 1640. The predicted octanol–water partition coefficient (Wildman–Crippen LogP) is 4.52. The van der Waals surface area contributed by atoms with Crippen LogP contribution in [0.2, 0.25) is 0 Å². The summed E-state index contributed by atoms with van der Waals surface area (Å²) >= 11 is 1.11. The van der Waals surface area contributed by atoms with Crippen molar-refractivity contribution in [1.82, 2.24) is 4.57 Å². The first-order valence-corrected chi connectivity index (χ1v) is 13.5. The van der Waals surface area contributed by atoms with Crippen molar-refractivity contribution in [3.8, 4) is 5.75 Å². The van der Waals surface area contributed by atoms with Crippen LogP contribution in [0.15, 0.2) is 108 Å². The molecule has 6 nitrogen and oxygen atoms in total. The monoisotopic (exact) mass is 536 g/mol. The van der Waals surface area contributed by atoms with Crippen LogP contribution in [0.3, 0.4) is 0 Å². The molecule has 1 heterocycles. The van der Waals surface area contributed by atoms with Gasteiger partial charge in [0.05, 0.1) is 16.8 Å². The summed E-state index contributed by atoms with van der Waals surface area (Å²) in [5.74, 6) is -1.14. The second-order valence-electron chi connectivity index (χ2n) is 9.30. The molecule has 0 fully saturated rings. The number of thiazole rings is 1. The van der Waals surface area contributed by atoms with E-state index in [0.29, 0.717) is 36.3 Å². The zero-order valence-electron chi connectivity index (χ0n) is 21.1. The summed E-state index contributed by atoms with van der Waals surface area (Å²) in [6.45, 7) is 0.641. The minimum absolute atomic E-state index is 0.0808. The fourth-order valence-electron chi connectivity index (χ4n) is 4.57. The number of carbonyl (C=O) groups is 2. The van der Waals surface area contributed by atoms with Crippen LogP contribution in [-0.4, -0.2) is 22.9 Å². The summed E-state index contributed by atoms with van der Waals surface area (Å²) in [5, 5.41) is 11.7. The third-order valence-electron chi connectivity index (χ3n) is 6.61. The number of aliphatic carboxylic acids is 1. The lowest BCUT2D eigenvalue weighted by Gasteiger charge is -2.18. The van der Waals surface area contributed by atoms with E-state index in [2.05, 4.69) is 0 Å². The molecule has 1 aromatic heterocycles. The number of aromatic nitrogens is 1. The van der Waals surface area contributed by atoms with Gasteiger partial charge in [-0.2, -0.15) is 0 Å². The molecule has 0 spiro atoms. The van der Waals surface area contributed by atoms with E-state index in [1.165, 1.54) is 0 Å². The Labute approximate surface area is 229 Å². The smallest absolute Gasteiger partial charge is 0.308 e. The van der Waals surface area contributed by atoms with Crippen LogP contribution in [0.4, 0.5) is 0 Å². The summed E-state index contributed by atoms with van der Waals surface area (Å²) in [5.41, 5.74) is 3.76. The first kappa shape index (κ1) is 26.1. The lowest BCUT2D eigenvalue weighted by Crippen LogP contribution is -2.34. The lowest BCUT2D eigenvalue weighted by atomic mass is 9.92. The standard InChI is InChI=1S/C32H27NO5S/c34-30(24-9-5-2-6-10-24)25-13-16-28-29(21-25)39-32(37)33(28)17-18-38-27-14-11-23(12-15-27)20-26(31(35)36)19-22-7-3-1-4-8-22/h1-16,21,26H,17-20H2,(H,35,36)/p-1. The van der Waals surface area contributed by atoms with Gasteiger partial charge in [0.15, 0.2) is 5.78 Å². The van der Waals surface area contributed by atoms with E-state index in [0.717, 1.165) is 32.7 Å². The van der Waals surface area contributed by atoms with Gasteiger partial charge < -0.3 is 14.6 Å². The Morgan fingerprint density at radius 3 is 2.10 bits per heavy atom. The molecule has 1 unspecified atom stereocenters. The van der Waals surface area contributed by atoms with Crippen molar-refractivity contribution in [2.45, 2.75) is 19.4 Å². The van der Waals surface area contributed by atoms with Crippen LogP contribution >= 0.6 is 11.3 Å². The van der Waals surface area contributed by atoms with Crippen LogP contribution < -0.4 is 14.7 Å². The lowest BCUT2D eigenvalue weighted by molar-refractivity contribution is -0.311. The average Bonchev–Trinajstić information content (AvgIpc) is 3.28. The summed E-state index contributed by atoms with van der Waals surface area (Å²) < 4.78 is 8.27. The molecule has 7 heteroatoms. The van der Waals surface area contributed by atoms with E-state index >= 15 is 0 Å². The first-order valence-electron chi connectivity index (χ1n) is 12.7. The maximum atomic E-state index is 12.8. The summed E-state index contributed by atoms with van der Waals surface area (Å²) in [6.07, 6.45) is 0.773. The molecule has 196 valence electrons. The molecule has 0 aliphatic carbocycles. The topological polar surface area (TPSA) is 88.4 Å². The Morgan fingerprint density at radius 1 is 0.795 bits per heavy atom. The highest BCUT2D eigenvalue weighted by Crippen LogP contribution is 2.22. The highest BCUT2D eigenvalue weighted by molar-refractivity contribution is 7.16. The van der Waals surface area contributed by atoms with Crippen molar-refractivity contribution in [3.63, 3.8) is 0 Å². The van der Waals surface area contributed by atoms with Gasteiger partial charge in [-0.25, -0.2) is 0 Å². The van der Waals surface area contributed by atoms with Gasteiger partial charge in [-0.3, -0.25) is 14.2 Å². The molecule has 0 bridgehead atoms. The van der Waals surface area contributed by atoms with E-state index in [1.807, 2.05) is 60.7 Å². The van der Waals surface area contributed by atoms with Gasteiger partial charge in [0, 0.05) is 23.0 Å². The highest BCUT2D eigenvalue weighted by Gasteiger charge is 2.14. The number of hydrogen-bond acceptors (Lipinski definition) is 6. The van der Waals surface area contributed by atoms with E-state index in [9.17, 15) is 19.5 Å². The molecule has 5 aromatic rings. The van der Waals surface area contributed by atoms with Gasteiger partial charge in [-0.15, -0.1) is 0 Å². The van der Waals surface area contributed by atoms with E-state index in [-0.39, 0.29) is 17.3 Å². The molecule has 0 aliphatic heterocycles. The highest BCUT2D eigenvalue weighted by atomic mass is 32.1. The van der Waals surface area contributed by atoms with Crippen LogP contribution in [0.25, 0.3) is 10.2 Å². The van der Waals surface area contributed by atoms with Crippen molar-refractivity contribution in [1.29, 1.82) is 0 Å². The molecule has 4 aromatic carbocycles. The van der Waals surface area contributed by atoms with Crippen molar-refractivity contribution in [3.05, 3.63) is 135 Å². The predicted molar refractivity (Wildman–Crippen MR) is 150 cm³/mol. The maximum absolute atomic E-state index is 12.8. The molecule has 0 saturated heterocycles. The number of fused-ring (bicyclic) bond motifs is 1. The fraction of sp³-hybridized carbons (Fsp3) is 0.156. The molecule has 0 N–H and O–H groups in total. The third kappa shape index (κ3) is 6.33. The average molecular weight is 537 g/mol. The van der Waals surface area contributed by atoms with E-state index < -0.39 is 11.9 Å². The fourth-order valence-corrected chi connectivity index (χ4v) is 5.53. The number of hydrogen-bond donors (Lipinski definition) is 0. The minimum atomic E-state index is -1.07. The summed E-state index contributed by atoms with van der Waals surface area (Å²) in [6, 6.07) is 31.2. The van der Waals surface area contributed by atoms with Crippen molar-refractivity contribution >= 4 is 33.3 Å². The first-order chi connectivity index (χ1) is 19.0. The van der Waals surface area contributed by atoms with Crippen LogP contribution in [0.1, 0.15) is 27.0 Å². The summed E-state index contributed by atoms with van der Waals surface area (Å²) in [4.78, 5) is 37.0. The number of carboxylic acids is 1. The molecule has 0 radical (unpaired) electrons. The summed E-state index contributed by atoms with van der Waals surface area (Å²) in [7, 11) is 0. The number of benzene rings is 4. The number of carboxylic acid groups (broad SMARTS) is 1. The van der Waals surface area contributed by atoms with Crippen LogP contribution in [0, 0.1) is 5.92 Å². The van der Waals surface area contributed by atoms with Gasteiger partial charge in [0.2, 0.25) is 0 Å². The Balaban J connectivity index is 1.20. The normalized spacial score (nSPS) is 11.8. The molecule has 5 rings (SSSR count). The van der Waals surface area contributed by atoms with Gasteiger partial charge in [0.25, 0.3) is 0 Å². The minimum Gasteiger partial charge on any atom is -0.550 e. The Hall–Kier alpha value is -4.49. The van der Waals surface area contributed by atoms with Crippen molar-refractivity contribution in [2.75, 3.05) is 6.61 Å². The molecule has 0 aliphatic rings. The van der Waals surface area contributed by atoms with Crippen molar-refractivity contribution < 1.29 is 19.4 Å². The van der Waals surface area contributed by atoms with Gasteiger partial charge >= 0.3 is 4.87 Å². The number of rotatable bonds is 11. The Kier molecular flexibility index (Phi) is 7.99. The molecule has 0 amide bonds. The molecule has 1 atom stereocenters. The maximum Gasteiger partial charge on any atom is 0.308 e. The largest absolute Gasteiger partial charge is 0.550 e. The van der Waals surface area contributed by atoms with E-state index in [4.69, 9.17) is 4.74 Å².